The monoisotopic (exact) mass is 171 g/mol. The molecular formula is C8H13NO3. The Kier molecular flexibility index (Phi) is 2.68. The van der Waals surface area contributed by atoms with Crippen molar-refractivity contribution in [1.29, 1.82) is 0 Å². The fraction of sp³-hybridized carbons (Fsp3) is 0.750. The van der Waals surface area contributed by atoms with Crippen LogP contribution in [-0.2, 0) is 14.4 Å². The van der Waals surface area contributed by atoms with Gasteiger partial charge in [-0.1, -0.05) is 19.0 Å². The molecule has 0 saturated carbocycles. The molecule has 68 valence electrons. The maximum Gasteiger partial charge on any atom is 0.355 e. The van der Waals surface area contributed by atoms with Crippen molar-refractivity contribution in [3.8, 4) is 0 Å². The van der Waals surface area contributed by atoms with Crippen LogP contribution < -0.4 is 0 Å². The largest absolute Gasteiger partial charge is 0.464 e. The standard InChI is InChI=1S/C8H13NO3/c1-5(2)7-4-6(9-12-7)8(10)11-3/h5,7H,4H2,1-3H3. The van der Waals surface area contributed by atoms with Crippen LogP contribution in [0.5, 0.6) is 0 Å². The van der Waals surface area contributed by atoms with Crippen LogP contribution in [0.15, 0.2) is 5.16 Å². The van der Waals surface area contributed by atoms with Crippen molar-refractivity contribution < 1.29 is 14.4 Å². The van der Waals surface area contributed by atoms with E-state index in [1.165, 1.54) is 7.11 Å². The predicted octanol–water partition coefficient (Wildman–Crippen LogP) is 0.960. The van der Waals surface area contributed by atoms with Crippen LogP contribution >= 0.6 is 0 Å². The van der Waals surface area contributed by atoms with Crippen molar-refractivity contribution in [3.63, 3.8) is 0 Å². The molecule has 1 atom stereocenters. The average molecular weight is 171 g/mol. The number of hydrogen-bond acceptors (Lipinski definition) is 4. The Morgan fingerprint density at radius 1 is 1.75 bits per heavy atom. The zero-order valence-corrected chi connectivity index (χ0v) is 7.53. The Hall–Kier alpha value is -1.06. The maximum atomic E-state index is 10.9. The fourth-order valence-electron chi connectivity index (χ4n) is 0.992. The van der Waals surface area contributed by atoms with Gasteiger partial charge in [-0.3, -0.25) is 0 Å². The third kappa shape index (κ3) is 1.75. The van der Waals surface area contributed by atoms with E-state index in [9.17, 15) is 4.79 Å². The molecule has 0 aliphatic carbocycles. The lowest BCUT2D eigenvalue weighted by atomic mass is 10.0. The lowest BCUT2D eigenvalue weighted by molar-refractivity contribution is -0.132. The third-order valence-corrected chi connectivity index (χ3v) is 1.86. The van der Waals surface area contributed by atoms with Crippen molar-refractivity contribution in [1.82, 2.24) is 0 Å². The summed E-state index contributed by atoms with van der Waals surface area (Å²) in [5.74, 6) is -0.0194. The van der Waals surface area contributed by atoms with E-state index in [2.05, 4.69) is 9.89 Å². The molecule has 12 heavy (non-hydrogen) atoms. The molecule has 4 nitrogen and oxygen atoms in total. The van der Waals surface area contributed by atoms with Crippen molar-refractivity contribution in [2.45, 2.75) is 26.4 Å². The minimum absolute atomic E-state index is 0.0269. The van der Waals surface area contributed by atoms with E-state index in [0.717, 1.165) is 0 Å². The molecule has 0 aromatic rings. The molecule has 1 heterocycles. The van der Waals surface area contributed by atoms with Crippen molar-refractivity contribution in [2.75, 3.05) is 7.11 Å². The number of oxime groups is 1. The Bertz CT molecular complexity index is 210. The minimum atomic E-state index is -0.391. The van der Waals surface area contributed by atoms with Gasteiger partial charge in [-0.05, 0) is 5.92 Å². The van der Waals surface area contributed by atoms with E-state index in [-0.39, 0.29) is 6.10 Å². The summed E-state index contributed by atoms with van der Waals surface area (Å²) < 4.78 is 4.51. The first kappa shape index (κ1) is 9.03. The molecule has 0 amide bonds. The highest BCUT2D eigenvalue weighted by atomic mass is 16.6. The van der Waals surface area contributed by atoms with E-state index in [4.69, 9.17) is 4.84 Å². The Morgan fingerprint density at radius 3 is 2.83 bits per heavy atom. The maximum absolute atomic E-state index is 10.9. The van der Waals surface area contributed by atoms with Gasteiger partial charge in [-0.2, -0.15) is 0 Å². The molecule has 1 rings (SSSR count). The number of nitrogens with zero attached hydrogens (tertiary/aromatic N) is 1. The molecule has 0 fully saturated rings. The van der Waals surface area contributed by atoms with Crippen molar-refractivity contribution >= 4 is 11.7 Å². The van der Waals surface area contributed by atoms with Crippen LogP contribution in [-0.4, -0.2) is 24.9 Å². The summed E-state index contributed by atoms with van der Waals surface area (Å²) in [6, 6.07) is 0. The minimum Gasteiger partial charge on any atom is -0.464 e. The number of methoxy groups -OCH3 is 1. The number of hydrogen-bond donors (Lipinski definition) is 0. The zero-order chi connectivity index (χ0) is 9.14. The van der Waals surface area contributed by atoms with E-state index >= 15 is 0 Å². The first-order valence-electron chi connectivity index (χ1n) is 3.96. The summed E-state index contributed by atoms with van der Waals surface area (Å²) >= 11 is 0. The first-order chi connectivity index (χ1) is 5.65. The predicted molar refractivity (Wildman–Crippen MR) is 43.8 cm³/mol. The number of esters is 1. The Labute approximate surface area is 71.5 Å². The fourth-order valence-corrected chi connectivity index (χ4v) is 0.992. The smallest absolute Gasteiger partial charge is 0.355 e. The van der Waals surface area contributed by atoms with Gasteiger partial charge < -0.3 is 9.57 Å². The summed E-state index contributed by atoms with van der Waals surface area (Å²) in [5, 5.41) is 3.65. The van der Waals surface area contributed by atoms with Gasteiger partial charge in [0.25, 0.3) is 0 Å². The summed E-state index contributed by atoms with van der Waals surface area (Å²) in [6.45, 7) is 4.06. The van der Waals surface area contributed by atoms with Gasteiger partial charge in [0.15, 0.2) is 5.71 Å². The van der Waals surface area contributed by atoms with E-state index in [1.54, 1.807) is 0 Å². The molecule has 4 heteroatoms. The molecule has 0 spiro atoms. The number of ether oxygens (including phenoxy) is 1. The van der Waals surface area contributed by atoms with Crippen LogP contribution in [0.3, 0.4) is 0 Å². The van der Waals surface area contributed by atoms with Crippen molar-refractivity contribution in [3.05, 3.63) is 0 Å². The molecule has 0 N–H and O–H groups in total. The van der Waals surface area contributed by atoms with Gasteiger partial charge in [0.1, 0.15) is 6.10 Å². The van der Waals surface area contributed by atoms with Crippen LogP contribution in [0, 0.1) is 5.92 Å². The Morgan fingerprint density at radius 2 is 2.42 bits per heavy atom. The SMILES string of the molecule is COC(=O)C1=NOC(C(C)C)C1. The molecule has 0 bridgehead atoms. The van der Waals surface area contributed by atoms with Gasteiger partial charge in [0.05, 0.1) is 7.11 Å². The topological polar surface area (TPSA) is 47.9 Å². The zero-order valence-electron chi connectivity index (χ0n) is 7.53. The molecule has 0 aromatic carbocycles. The second-order valence-corrected chi connectivity index (χ2v) is 3.12. The summed E-state index contributed by atoms with van der Waals surface area (Å²) in [5.41, 5.74) is 0.385. The van der Waals surface area contributed by atoms with Gasteiger partial charge in [0, 0.05) is 6.42 Å². The molecular weight excluding hydrogens is 158 g/mol. The molecule has 0 saturated heterocycles. The highest BCUT2D eigenvalue weighted by molar-refractivity contribution is 6.36. The van der Waals surface area contributed by atoms with Gasteiger partial charge in [-0.15, -0.1) is 0 Å². The number of rotatable bonds is 2. The average Bonchev–Trinajstić information content (AvgIpc) is 2.51. The van der Waals surface area contributed by atoms with Crippen LogP contribution in [0.4, 0.5) is 0 Å². The summed E-state index contributed by atoms with van der Waals surface area (Å²) in [4.78, 5) is 16.0. The van der Waals surface area contributed by atoms with E-state index < -0.39 is 5.97 Å². The lowest BCUT2D eigenvalue weighted by Crippen LogP contribution is -2.19. The number of carbonyl (C=O) groups is 1. The van der Waals surface area contributed by atoms with Crippen molar-refractivity contribution in [2.24, 2.45) is 11.1 Å². The first-order valence-corrected chi connectivity index (χ1v) is 3.96. The van der Waals surface area contributed by atoms with E-state index in [0.29, 0.717) is 18.1 Å². The highest BCUT2D eigenvalue weighted by Crippen LogP contribution is 2.18. The quantitative estimate of drug-likeness (QED) is 0.581. The summed E-state index contributed by atoms with van der Waals surface area (Å²) in [7, 11) is 1.34. The second kappa shape index (κ2) is 3.56. The molecule has 0 aromatic heterocycles. The van der Waals surface area contributed by atoms with Crippen LogP contribution in [0.2, 0.25) is 0 Å². The summed E-state index contributed by atoms with van der Waals surface area (Å²) in [6.07, 6.45) is 0.587. The number of carbonyl (C=O) groups excluding carboxylic acids is 1. The second-order valence-electron chi connectivity index (χ2n) is 3.12. The van der Waals surface area contributed by atoms with Crippen LogP contribution in [0.25, 0.3) is 0 Å². The van der Waals surface area contributed by atoms with Gasteiger partial charge in [-0.25, -0.2) is 4.79 Å². The van der Waals surface area contributed by atoms with E-state index in [1.807, 2.05) is 13.8 Å². The molecule has 1 unspecified atom stereocenters. The normalized spacial score (nSPS) is 22.0. The molecule has 1 aliphatic heterocycles. The van der Waals surface area contributed by atoms with Crippen LogP contribution in [0.1, 0.15) is 20.3 Å². The molecule has 0 radical (unpaired) electrons. The lowest BCUT2D eigenvalue weighted by Gasteiger charge is -2.10. The van der Waals surface area contributed by atoms with Gasteiger partial charge >= 0.3 is 5.97 Å². The highest BCUT2D eigenvalue weighted by Gasteiger charge is 2.28. The molecule has 1 aliphatic rings. The Balaban J connectivity index is 2.48. The third-order valence-electron chi connectivity index (χ3n) is 1.86. The van der Waals surface area contributed by atoms with Gasteiger partial charge in [0.2, 0.25) is 0 Å².